The summed E-state index contributed by atoms with van der Waals surface area (Å²) in [4.78, 5) is 0. The average Bonchev–Trinajstić information content (AvgIpc) is 3.21. The van der Waals surface area contributed by atoms with Gasteiger partial charge in [0.05, 0.1) is 5.60 Å². The number of ether oxygens (including phenoxy) is 1. The highest BCUT2D eigenvalue weighted by Crippen LogP contribution is 2.52. The fraction of sp³-hybridized carbons (Fsp3) is 0.625. The Labute approximate surface area is 110 Å². The van der Waals surface area contributed by atoms with Crippen molar-refractivity contribution in [3.05, 3.63) is 35.4 Å². The number of rotatable bonds is 3. The Hall–Kier alpha value is -0.860. The van der Waals surface area contributed by atoms with Gasteiger partial charge in [0.15, 0.2) is 0 Å². The lowest BCUT2D eigenvalue weighted by molar-refractivity contribution is 0.0763. The molecule has 2 saturated carbocycles. The van der Waals surface area contributed by atoms with Crippen molar-refractivity contribution in [3.63, 3.8) is 0 Å². The molecule has 0 unspecified atom stereocenters. The van der Waals surface area contributed by atoms with E-state index in [9.17, 15) is 0 Å². The van der Waals surface area contributed by atoms with Gasteiger partial charge in [-0.05, 0) is 36.8 Å². The van der Waals surface area contributed by atoms with Crippen molar-refractivity contribution in [1.82, 2.24) is 0 Å². The van der Waals surface area contributed by atoms with Crippen molar-refractivity contribution in [2.24, 2.45) is 5.73 Å². The Bertz CT molecular complexity index is 430. The summed E-state index contributed by atoms with van der Waals surface area (Å²) in [7, 11) is 1.83. The third-order valence-corrected chi connectivity index (χ3v) is 4.79. The molecule has 1 aromatic carbocycles. The molecule has 98 valence electrons. The Morgan fingerprint density at radius 3 is 2.11 bits per heavy atom. The highest BCUT2D eigenvalue weighted by molar-refractivity contribution is 5.41. The van der Waals surface area contributed by atoms with Crippen LogP contribution in [0.25, 0.3) is 0 Å². The normalized spacial score (nSPS) is 24.8. The molecular weight excluding hydrogens is 222 g/mol. The van der Waals surface area contributed by atoms with Crippen LogP contribution in [-0.4, -0.2) is 7.11 Å². The summed E-state index contributed by atoms with van der Waals surface area (Å²) in [6.45, 7) is 0. The summed E-state index contributed by atoms with van der Waals surface area (Å²) in [5.41, 5.74) is 9.24. The topological polar surface area (TPSA) is 35.2 Å². The van der Waals surface area contributed by atoms with Gasteiger partial charge in [-0.2, -0.15) is 0 Å². The summed E-state index contributed by atoms with van der Waals surface area (Å²) in [5, 5.41) is 0. The molecule has 0 bridgehead atoms. The van der Waals surface area contributed by atoms with Gasteiger partial charge < -0.3 is 10.5 Å². The van der Waals surface area contributed by atoms with Crippen molar-refractivity contribution >= 4 is 0 Å². The molecule has 0 saturated heterocycles. The van der Waals surface area contributed by atoms with Crippen LogP contribution in [0, 0.1) is 0 Å². The lowest BCUT2D eigenvalue weighted by Gasteiger charge is -2.36. The molecule has 18 heavy (non-hydrogen) atoms. The summed E-state index contributed by atoms with van der Waals surface area (Å²) in [5.74, 6) is 0. The molecule has 2 fully saturated rings. The first-order chi connectivity index (χ1) is 8.70. The zero-order valence-corrected chi connectivity index (χ0v) is 11.2. The van der Waals surface area contributed by atoms with E-state index < -0.39 is 0 Å². The van der Waals surface area contributed by atoms with E-state index in [1.54, 1.807) is 0 Å². The number of benzene rings is 1. The van der Waals surface area contributed by atoms with Crippen molar-refractivity contribution in [2.45, 2.75) is 56.1 Å². The van der Waals surface area contributed by atoms with E-state index in [0.717, 1.165) is 25.7 Å². The third-order valence-electron chi connectivity index (χ3n) is 4.79. The van der Waals surface area contributed by atoms with Crippen LogP contribution in [-0.2, 0) is 15.9 Å². The molecule has 0 amide bonds. The summed E-state index contributed by atoms with van der Waals surface area (Å²) in [6.07, 6.45) is 8.34. The van der Waals surface area contributed by atoms with Crippen LogP contribution >= 0.6 is 0 Å². The highest BCUT2D eigenvalue weighted by Gasteiger charge is 2.48. The molecule has 0 atom stereocenters. The third kappa shape index (κ3) is 1.88. The van der Waals surface area contributed by atoms with Gasteiger partial charge in [0.25, 0.3) is 0 Å². The monoisotopic (exact) mass is 245 g/mol. The van der Waals surface area contributed by atoms with Crippen LogP contribution in [0.5, 0.6) is 0 Å². The van der Waals surface area contributed by atoms with Crippen LogP contribution in [0.1, 0.15) is 56.1 Å². The zero-order chi connectivity index (χ0) is 12.6. The van der Waals surface area contributed by atoms with Crippen LogP contribution in [0.4, 0.5) is 0 Å². The predicted octanol–water partition coefficient (Wildman–Crippen LogP) is 3.44. The van der Waals surface area contributed by atoms with Gasteiger partial charge in [-0.25, -0.2) is 0 Å². The van der Waals surface area contributed by atoms with Gasteiger partial charge >= 0.3 is 0 Å². The van der Waals surface area contributed by atoms with Crippen LogP contribution in [0.2, 0.25) is 0 Å². The number of nitrogens with two attached hydrogens (primary N) is 1. The fourth-order valence-electron chi connectivity index (χ4n) is 3.46. The first-order valence-corrected chi connectivity index (χ1v) is 7.14. The summed E-state index contributed by atoms with van der Waals surface area (Å²) >= 11 is 0. The molecule has 2 N–H and O–H groups in total. The molecule has 0 heterocycles. The van der Waals surface area contributed by atoms with Crippen LogP contribution in [0.15, 0.2) is 24.3 Å². The second kappa shape index (κ2) is 4.36. The van der Waals surface area contributed by atoms with Crippen molar-refractivity contribution in [1.29, 1.82) is 0 Å². The molecule has 2 nitrogen and oxygen atoms in total. The van der Waals surface area contributed by atoms with Gasteiger partial charge in [0.2, 0.25) is 0 Å². The minimum absolute atomic E-state index is 0.0274. The van der Waals surface area contributed by atoms with E-state index in [4.69, 9.17) is 10.5 Å². The number of methoxy groups -OCH3 is 1. The summed E-state index contributed by atoms with van der Waals surface area (Å²) in [6, 6.07) is 8.67. The predicted molar refractivity (Wildman–Crippen MR) is 73.3 cm³/mol. The minimum atomic E-state index is -0.122. The molecule has 0 radical (unpaired) electrons. The molecule has 0 aliphatic heterocycles. The quantitative estimate of drug-likeness (QED) is 0.885. The van der Waals surface area contributed by atoms with Gasteiger partial charge in [-0.3, -0.25) is 0 Å². The largest absolute Gasteiger partial charge is 0.374 e. The number of hydrogen-bond acceptors (Lipinski definition) is 2. The SMILES string of the molecule is COC1(c2ccccc2C2(N)CCCCC2)CC1. The Kier molecular flexibility index (Phi) is 2.95. The Balaban J connectivity index is 2.01. The molecule has 2 aliphatic carbocycles. The van der Waals surface area contributed by atoms with E-state index in [1.807, 2.05) is 7.11 Å². The minimum Gasteiger partial charge on any atom is -0.374 e. The lowest BCUT2D eigenvalue weighted by atomic mass is 9.75. The van der Waals surface area contributed by atoms with Crippen molar-refractivity contribution in [2.75, 3.05) is 7.11 Å². The van der Waals surface area contributed by atoms with Gasteiger partial charge in [-0.15, -0.1) is 0 Å². The molecule has 2 heteroatoms. The maximum absolute atomic E-state index is 6.70. The van der Waals surface area contributed by atoms with Crippen molar-refractivity contribution < 1.29 is 4.74 Å². The van der Waals surface area contributed by atoms with E-state index >= 15 is 0 Å². The van der Waals surface area contributed by atoms with E-state index in [-0.39, 0.29) is 11.1 Å². The smallest absolute Gasteiger partial charge is 0.0933 e. The zero-order valence-electron chi connectivity index (χ0n) is 11.2. The van der Waals surface area contributed by atoms with Crippen molar-refractivity contribution in [3.8, 4) is 0 Å². The van der Waals surface area contributed by atoms with E-state index in [1.165, 1.54) is 30.4 Å². The van der Waals surface area contributed by atoms with Gasteiger partial charge in [0.1, 0.15) is 0 Å². The molecule has 2 aliphatic rings. The second-order valence-corrected chi connectivity index (χ2v) is 5.96. The highest BCUT2D eigenvalue weighted by atomic mass is 16.5. The lowest BCUT2D eigenvalue weighted by Crippen LogP contribution is -2.40. The first-order valence-electron chi connectivity index (χ1n) is 7.14. The standard InChI is InChI=1S/C16H23NO/c1-18-16(11-12-16)14-8-4-3-7-13(14)15(17)9-5-2-6-10-15/h3-4,7-8H,2,5-6,9-12,17H2,1H3. The molecule has 0 spiro atoms. The second-order valence-electron chi connectivity index (χ2n) is 5.96. The Morgan fingerprint density at radius 1 is 0.944 bits per heavy atom. The van der Waals surface area contributed by atoms with E-state index in [0.29, 0.717) is 0 Å². The fourth-order valence-corrected chi connectivity index (χ4v) is 3.46. The van der Waals surface area contributed by atoms with Crippen LogP contribution in [0.3, 0.4) is 0 Å². The average molecular weight is 245 g/mol. The first kappa shape index (κ1) is 12.2. The van der Waals surface area contributed by atoms with E-state index in [2.05, 4.69) is 24.3 Å². The molecule has 3 rings (SSSR count). The number of hydrogen-bond donors (Lipinski definition) is 1. The maximum Gasteiger partial charge on any atom is 0.0933 e. The molecule has 0 aromatic heterocycles. The van der Waals surface area contributed by atoms with Crippen LogP contribution < -0.4 is 5.73 Å². The van der Waals surface area contributed by atoms with Gasteiger partial charge in [0, 0.05) is 12.6 Å². The maximum atomic E-state index is 6.70. The molecule has 1 aromatic rings. The molecular formula is C16H23NO. The van der Waals surface area contributed by atoms with Gasteiger partial charge in [-0.1, -0.05) is 43.5 Å². The summed E-state index contributed by atoms with van der Waals surface area (Å²) < 4.78 is 5.76. The Morgan fingerprint density at radius 2 is 1.56 bits per heavy atom.